The molecule has 0 radical (unpaired) electrons. The number of aliphatic imine (C=N–C) groups is 1. The molecular weight excluding hydrogens is 338 g/mol. The third kappa shape index (κ3) is 5.57. The highest BCUT2D eigenvalue weighted by molar-refractivity contribution is 6.30. The molecule has 0 bridgehead atoms. The normalized spacial score (nSPS) is 12.6. The number of halogens is 1. The zero-order valence-electron chi connectivity index (χ0n) is 14.7. The predicted molar refractivity (Wildman–Crippen MR) is 102 cm³/mol. The van der Waals surface area contributed by atoms with Crippen LogP contribution >= 0.6 is 11.6 Å². The van der Waals surface area contributed by atoms with Crippen LogP contribution < -0.4 is 15.4 Å². The van der Waals surface area contributed by atoms with Crippen LogP contribution in [-0.2, 0) is 6.54 Å². The molecule has 0 saturated heterocycles. The van der Waals surface area contributed by atoms with Crippen LogP contribution in [0.15, 0.2) is 47.5 Å². The van der Waals surface area contributed by atoms with Gasteiger partial charge in [-0.15, -0.1) is 0 Å². The quantitative estimate of drug-likeness (QED) is 0.539. The van der Waals surface area contributed by atoms with Gasteiger partial charge in [0.05, 0.1) is 19.7 Å². The fraction of sp³-hybridized carbons (Fsp3) is 0.316. The maximum Gasteiger partial charge on any atom is 0.192 e. The lowest BCUT2D eigenvalue weighted by Gasteiger charge is -2.18. The maximum absolute atomic E-state index is 9.86. The van der Waals surface area contributed by atoms with Gasteiger partial charge >= 0.3 is 0 Å². The Kier molecular flexibility index (Phi) is 6.95. The Morgan fingerprint density at radius 1 is 1.24 bits per heavy atom. The van der Waals surface area contributed by atoms with Crippen LogP contribution in [0.4, 0.5) is 0 Å². The number of hydrogen-bond acceptors (Lipinski definition) is 3. The Balaban J connectivity index is 2.07. The Morgan fingerprint density at radius 2 is 1.96 bits per heavy atom. The summed E-state index contributed by atoms with van der Waals surface area (Å²) in [4.78, 5) is 4.58. The predicted octanol–water partition coefficient (Wildman–Crippen LogP) is 3.87. The summed E-state index contributed by atoms with van der Waals surface area (Å²) in [5.41, 5.74) is 2.02. The number of aromatic hydroxyl groups is 1. The van der Waals surface area contributed by atoms with Gasteiger partial charge in [0.2, 0.25) is 0 Å². The van der Waals surface area contributed by atoms with Crippen LogP contribution in [0.2, 0.25) is 5.02 Å². The molecule has 2 aromatic rings. The van der Waals surface area contributed by atoms with E-state index in [1.807, 2.05) is 37.3 Å². The van der Waals surface area contributed by atoms with Gasteiger partial charge in [-0.1, -0.05) is 29.8 Å². The molecule has 5 nitrogen and oxygen atoms in total. The zero-order chi connectivity index (χ0) is 18.2. The Morgan fingerprint density at radius 3 is 2.56 bits per heavy atom. The number of rotatable bonds is 6. The summed E-state index contributed by atoms with van der Waals surface area (Å²) >= 11 is 5.94. The van der Waals surface area contributed by atoms with Crippen molar-refractivity contribution >= 4 is 17.6 Å². The lowest BCUT2D eigenvalue weighted by molar-refractivity contribution is 0.373. The Bertz CT molecular complexity index is 717. The van der Waals surface area contributed by atoms with Gasteiger partial charge < -0.3 is 20.5 Å². The summed E-state index contributed by atoms with van der Waals surface area (Å²) in [6, 6.07) is 13.1. The monoisotopic (exact) mass is 361 g/mol. The van der Waals surface area contributed by atoms with Gasteiger partial charge in [-0.2, -0.15) is 0 Å². The molecule has 2 rings (SSSR count). The molecule has 25 heavy (non-hydrogen) atoms. The van der Waals surface area contributed by atoms with Crippen LogP contribution in [0.1, 0.15) is 31.0 Å². The summed E-state index contributed by atoms with van der Waals surface area (Å²) in [5, 5.41) is 17.2. The van der Waals surface area contributed by atoms with E-state index in [9.17, 15) is 5.11 Å². The van der Waals surface area contributed by atoms with Crippen LogP contribution in [0.3, 0.4) is 0 Å². The molecule has 0 amide bonds. The average Bonchev–Trinajstić information content (AvgIpc) is 2.60. The highest BCUT2D eigenvalue weighted by Gasteiger charge is 2.08. The third-order valence-corrected chi connectivity index (χ3v) is 3.98. The van der Waals surface area contributed by atoms with Crippen molar-refractivity contribution in [1.29, 1.82) is 0 Å². The maximum atomic E-state index is 9.86. The van der Waals surface area contributed by atoms with E-state index in [4.69, 9.17) is 16.3 Å². The van der Waals surface area contributed by atoms with Gasteiger partial charge in [-0.3, -0.25) is 0 Å². The number of benzene rings is 2. The van der Waals surface area contributed by atoms with Crippen LogP contribution in [0, 0.1) is 0 Å². The van der Waals surface area contributed by atoms with Crippen molar-refractivity contribution < 1.29 is 9.84 Å². The number of methoxy groups -OCH3 is 1. The van der Waals surface area contributed by atoms with Gasteiger partial charge in [0, 0.05) is 11.6 Å². The van der Waals surface area contributed by atoms with E-state index in [0.717, 1.165) is 22.7 Å². The topological polar surface area (TPSA) is 65.9 Å². The fourth-order valence-corrected chi connectivity index (χ4v) is 2.49. The molecule has 134 valence electrons. The number of phenols is 1. The van der Waals surface area contributed by atoms with E-state index in [2.05, 4.69) is 22.5 Å². The van der Waals surface area contributed by atoms with E-state index in [0.29, 0.717) is 18.3 Å². The highest BCUT2D eigenvalue weighted by atomic mass is 35.5. The highest BCUT2D eigenvalue weighted by Crippen LogP contribution is 2.26. The number of nitrogens with one attached hydrogen (secondary N) is 2. The minimum Gasteiger partial charge on any atom is -0.504 e. The van der Waals surface area contributed by atoms with Crippen LogP contribution in [0.25, 0.3) is 0 Å². The van der Waals surface area contributed by atoms with E-state index in [-0.39, 0.29) is 11.8 Å². The van der Waals surface area contributed by atoms with Crippen molar-refractivity contribution in [2.45, 2.75) is 26.4 Å². The van der Waals surface area contributed by atoms with E-state index in [1.54, 1.807) is 12.1 Å². The number of nitrogens with zero attached hydrogens (tertiary/aromatic N) is 1. The second-order valence-electron chi connectivity index (χ2n) is 5.62. The third-order valence-electron chi connectivity index (χ3n) is 3.73. The van der Waals surface area contributed by atoms with Crippen molar-refractivity contribution in [2.75, 3.05) is 13.7 Å². The molecule has 0 aliphatic rings. The summed E-state index contributed by atoms with van der Waals surface area (Å²) in [6.45, 7) is 5.28. The van der Waals surface area contributed by atoms with Gasteiger partial charge in [-0.05, 0) is 49.2 Å². The minimum atomic E-state index is 0.0827. The van der Waals surface area contributed by atoms with Crippen molar-refractivity contribution in [3.63, 3.8) is 0 Å². The summed E-state index contributed by atoms with van der Waals surface area (Å²) in [7, 11) is 1.53. The molecule has 0 aliphatic carbocycles. The Labute approximate surface area is 153 Å². The molecule has 0 spiro atoms. The zero-order valence-corrected chi connectivity index (χ0v) is 15.5. The Hall–Kier alpha value is -2.40. The SMILES string of the molecule is CCNC(=NCc1ccc(OC)c(O)c1)NC(C)c1ccc(Cl)cc1. The second-order valence-corrected chi connectivity index (χ2v) is 6.06. The molecular formula is C19H24ClN3O2. The first-order valence-corrected chi connectivity index (χ1v) is 8.57. The molecule has 2 aromatic carbocycles. The molecule has 0 aliphatic heterocycles. The smallest absolute Gasteiger partial charge is 0.192 e. The minimum absolute atomic E-state index is 0.0827. The van der Waals surface area contributed by atoms with E-state index < -0.39 is 0 Å². The number of phenolic OH excluding ortho intramolecular Hbond substituents is 1. The van der Waals surface area contributed by atoms with Crippen molar-refractivity contribution in [3.8, 4) is 11.5 Å². The van der Waals surface area contributed by atoms with Crippen molar-refractivity contribution in [2.24, 2.45) is 4.99 Å². The molecule has 1 unspecified atom stereocenters. The van der Waals surface area contributed by atoms with Gasteiger partial charge in [-0.25, -0.2) is 4.99 Å². The first kappa shape index (κ1) is 18.9. The average molecular weight is 362 g/mol. The molecule has 0 fully saturated rings. The van der Waals surface area contributed by atoms with Gasteiger partial charge in [0.25, 0.3) is 0 Å². The molecule has 0 aromatic heterocycles. The van der Waals surface area contributed by atoms with Crippen LogP contribution in [0.5, 0.6) is 11.5 Å². The van der Waals surface area contributed by atoms with E-state index >= 15 is 0 Å². The van der Waals surface area contributed by atoms with Gasteiger partial charge in [0.15, 0.2) is 17.5 Å². The first-order chi connectivity index (χ1) is 12.0. The summed E-state index contributed by atoms with van der Waals surface area (Å²) in [6.07, 6.45) is 0. The molecule has 1 atom stereocenters. The summed E-state index contributed by atoms with van der Waals surface area (Å²) < 4.78 is 5.05. The standard InChI is InChI=1S/C19H24ClN3O2/c1-4-21-19(23-13(2)15-6-8-16(20)9-7-15)22-12-14-5-10-18(25-3)17(24)11-14/h5-11,13,24H,4,12H2,1-3H3,(H2,21,22,23). The molecule has 6 heteroatoms. The second kappa shape index (κ2) is 9.18. The lowest BCUT2D eigenvalue weighted by atomic mass is 10.1. The molecule has 0 heterocycles. The lowest BCUT2D eigenvalue weighted by Crippen LogP contribution is -2.38. The van der Waals surface area contributed by atoms with E-state index in [1.165, 1.54) is 7.11 Å². The number of hydrogen-bond donors (Lipinski definition) is 3. The van der Waals surface area contributed by atoms with Gasteiger partial charge in [0.1, 0.15) is 0 Å². The fourth-order valence-electron chi connectivity index (χ4n) is 2.36. The summed E-state index contributed by atoms with van der Waals surface area (Å²) in [5.74, 6) is 1.28. The van der Waals surface area contributed by atoms with Crippen molar-refractivity contribution in [1.82, 2.24) is 10.6 Å². The first-order valence-electron chi connectivity index (χ1n) is 8.19. The number of ether oxygens (including phenoxy) is 1. The van der Waals surface area contributed by atoms with Crippen molar-refractivity contribution in [3.05, 3.63) is 58.6 Å². The van der Waals surface area contributed by atoms with Crippen LogP contribution in [-0.4, -0.2) is 24.7 Å². The molecule has 3 N–H and O–H groups in total. The largest absolute Gasteiger partial charge is 0.504 e. The molecule has 0 saturated carbocycles. The number of guanidine groups is 1.